The number of ether oxygens (including phenoxy) is 1. The molecule has 1 aliphatic heterocycles. The third-order valence-electron chi connectivity index (χ3n) is 3.14. The summed E-state index contributed by atoms with van der Waals surface area (Å²) in [5, 5.41) is 14.1. The van der Waals surface area contributed by atoms with Crippen LogP contribution >= 0.6 is 0 Å². The molecule has 4 heteroatoms. The lowest BCUT2D eigenvalue weighted by Crippen LogP contribution is -2.20. The molecule has 1 aromatic heterocycles. The van der Waals surface area contributed by atoms with Crippen LogP contribution in [0.15, 0.2) is 24.3 Å². The van der Waals surface area contributed by atoms with E-state index in [4.69, 9.17) is 4.74 Å². The molecule has 1 saturated heterocycles. The Morgan fingerprint density at radius 2 is 2.06 bits per heavy atom. The zero-order chi connectivity index (χ0) is 11.7. The van der Waals surface area contributed by atoms with Gasteiger partial charge in [0.1, 0.15) is 0 Å². The minimum atomic E-state index is 0.357. The zero-order valence-corrected chi connectivity index (χ0v) is 9.81. The van der Waals surface area contributed by atoms with E-state index in [2.05, 4.69) is 27.6 Å². The highest BCUT2D eigenvalue weighted by atomic mass is 16.5. The van der Waals surface area contributed by atoms with E-state index >= 15 is 0 Å². The first kappa shape index (κ1) is 10.5. The molecule has 1 aromatic carbocycles. The summed E-state index contributed by atoms with van der Waals surface area (Å²) in [6, 6.07) is 8.57. The molecular weight excluding hydrogens is 214 g/mol. The van der Waals surface area contributed by atoms with Gasteiger partial charge in [-0.1, -0.05) is 24.3 Å². The summed E-state index contributed by atoms with van der Waals surface area (Å²) in [4.78, 5) is 0. The molecule has 17 heavy (non-hydrogen) atoms. The van der Waals surface area contributed by atoms with E-state index in [1.807, 2.05) is 19.1 Å². The Bertz CT molecular complexity index is 535. The number of hydrogen-bond donors (Lipinski definition) is 1. The molecule has 1 unspecified atom stereocenters. The average molecular weight is 229 g/mol. The fraction of sp³-hybridized carbons (Fsp3) is 0.385. The molecule has 88 valence electrons. The summed E-state index contributed by atoms with van der Waals surface area (Å²) in [6.07, 6.45) is 1.03. The Morgan fingerprint density at radius 3 is 2.82 bits per heavy atom. The number of benzene rings is 1. The van der Waals surface area contributed by atoms with Crippen molar-refractivity contribution in [3.05, 3.63) is 30.0 Å². The van der Waals surface area contributed by atoms with Gasteiger partial charge in [-0.3, -0.25) is 0 Å². The highest BCUT2D eigenvalue weighted by molar-refractivity contribution is 5.92. The van der Waals surface area contributed by atoms with Crippen LogP contribution in [0.25, 0.3) is 10.8 Å². The third kappa shape index (κ3) is 1.96. The van der Waals surface area contributed by atoms with E-state index in [0.29, 0.717) is 6.04 Å². The first-order valence-electron chi connectivity index (χ1n) is 5.91. The van der Waals surface area contributed by atoms with Crippen molar-refractivity contribution in [2.75, 3.05) is 18.5 Å². The lowest BCUT2D eigenvalue weighted by molar-refractivity contribution is 0.195. The largest absolute Gasteiger partial charge is 0.379 e. The molecule has 1 aliphatic rings. The van der Waals surface area contributed by atoms with E-state index in [9.17, 15) is 0 Å². The Balaban J connectivity index is 2.01. The lowest BCUT2D eigenvalue weighted by Gasteiger charge is -2.13. The molecule has 0 saturated carbocycles. The van der Waals surface area contributed by atoms with Crippen molar-refractivity contribution in [1.82, 2.24) is 10.2 Å². The predicted octanol–water partition coefficient (Wildman–Crippen LogP) is 2.14. The fourth-order valence-electron chi connectivity index (χ4n) is 2.19. The van der Waals surface area contributed by atoms with Crippen LogP contribution in [0.5, 0.6) is 0 Å². The Morgan fingerprint density at radius 1 is 1.24 bits per heavy atom. The van der Waals surface area contributed by atoms with Crippen LogP contribution in [0, 0.1) is 6.92 Å². The molecule has 0 spiro atoms. The number of aryl methyl sites for hydroxylation is 1. The molecule has 1 N–H and O–H groups in total. The summed E-state index contributed by atoms with van der Waals surface area (Å²) < 4.78 is 5.35. The topological polar surface area (TPSA) is 47.0 Å². The van der Waals surface area contributed by atoms with Crippen LogP contribution in [0.1, 0.15) is 12.1 Å². The first-order valence-corrected chi connectivity index (χ1v) is 5.91. The fourth-order valence-corrected chi connectivity index (χ4v) is 2.19. The molecule has 4 nitrogen and oxygen atoms in total. The predicted molar refractivity (Wildman–Crippen MR) is 67.1 cm³/mol. The minimum Gasteiger partial charge on any atom is -0.379 e. The number of hydrogen-bond acceptors (Lipinski definition) is 4. The summed E-state index contributed by atoms with van der Waals surface area (Å²) in [5.74, 6) is 0.863. The molecule has 0 amide bonds. The highest BCUT2D eigenvalue weighted by Crippen LogP contribution is 2.23. The van der Waals surface area contributed by atoms with Gasteiger partial charge in [-0.15, -0.1) is 5.10 Å². The van der Waals surface area contributed by atoms with E-state index in [1.54, 1.807) is 0 Å². The van der Waals surface area contributed by atoms with Gasteiger partial charge in [0.2, 0.25) is 0 Å². The van der Waals surface area contributed by atoms with Gasteiger partial charge in [0.05, 0.1) is 18.3 Å². The van der Waals surface area contributed by atoms with Crippen molar-refractivity contribution in [1.29, 1.82) is 0 Å². The zero-order valence-electron chi connectivity index (χ0n) is 9.81. The Labute approximate surface area is 100 Å². The van der Waals surface area contributed by atoms with Gasteiger partial charge in [0.15, 0.2) is 5.82 Å². The van der Waals surface area contributed by atoms with Gasteiger partial charge < -0.3 is 10.1 Å². The second-order valence-electron chi connectivity index (χ2n) is 4.38. The van der Waals surface area contributed by atoms with Crippen LogP contribution in [0.2, 0.25) is 0 Å². The van der Waals surface area contributed by atoms with E-state index in [-0.39, 0.29) is 0 Å². The van der Waals surface area contributed by atoms with Crippen molar-refractivity contribution < 1.29 is 4.74 Å². The Hall–Kier alpha value is -1.68. The van der Waals surface area contributed by atoms with Gasteiger partial charge in [-0.2, -0.15) is 5.10 Å². The second-order valence-corrected chi connectivity index (χ2v) is 4.38. The highest BCUT2D eigenvalue weighted by Gasteiger charge is 2.17. The summed E-state index contributed by atoms with van der Waals surface area (Å²) in [5.41, 5.74) is 0.967. The number of fused-ring (bicyclic) bond motifs is 1. The van der Waals surface area contributed by atoms with Gasteiger partial charge in [-0.25, -0.2) is 0 Å². The van der Waals surface area contributed by atoms with Crippen LogP contribution < -0.4 is 5.32 Å². The molecule has 2 aromatic rings. The van der Waals surface area contributed by atoms with Gasteiger partial charge in [-0.05, 0) is 13.3 Å². The normalized spacial score (nSPS) is 19.7. The number of aromatic nitrogens is 2. The molecule has 3 rings (SSSR count). The maximum Gasteiger partial charge on any atom is 0.156 e. The van der Waals surface area contributed by atoms with Crippen LogP contribution in [0.3, 0.4) is 0 Å². The van der Waals surface area contributed by atoms with Crippen molar-refractivity contribution in [2.24, 2.45) is 0 Å². The summed E-state index contributed by atoms with van der Waals surface area (Å²) in [7, 11) is 0. The summed E-state index contributed by atoms with van der Waals surface area (Å²) in [6.45, 7) is 3.57. The molecule has 0 radical (unpaired) electrons. The van der Waals surface area contributed by atoms with Gasteiger partial charge >= 0.3 is 0 Å². The first-order chi connectivity index (χ1) is 8.34. The van der Waals surface area contributed by atoms with Crippen molar-refractivity contribution in [2.45, 2.75) is 19.4 Å². The SMILES string of the molecule is Cc1nnc(NC2CCOC2)c2ccccc12. The van der Waals surface area contributed by atoms with Crippen molar-refractivity contribution in [3.63, 3.8) is 0 Å². The standard InChI is InChI=1S/C13H15N3O/c1-9-11-4-2-3-5-12(11)13(16-15-9)14-10-6-7-17-8-10/h2-5,10H,6-8H2,1H3,(H,14,16). The number of nitrogens with one attached hydrogen (secondary N) is 1. The molecule has 0 aliphatic carbocycles. The average Bonchev–Trinajstić information content (AvgIpc) is 2.86. The van der Waals surface area contributed by atoms with Gasteiger partial charge in [0, 0.05) is 17.4 Å². The monoisotopic (exact) mass is 229 g/mol. The van der Waals surface area contributed by atoms with Crippen LogP contribution in [-0.2, 0) is 4.74 Å². The van der Waals surface area contributed by atoms with Gasteiger partial charge in [0.25, 0.3) is 0 Å². The quantitative estimate of drug-likeness (QED) is 0.857. The summed E-state index contributed by atoms with van der Waals surface area (Å²) >= 11 is 0. The second kappa shape index (κ2) is 4.30. The van der Waals surface area contributed by atoms with E-state index in [1.165, 1.54) is 0 Å². The van der Waals surface area contributed by atoms with Crippen molar-refractivity contribution in [3.8, 4) is 0 Å². The molecule has 0 bridgehead atoms. The number of nitrogens with zero attached hydrogens (tertiary/aromatic N) is 2. The molecular formula is C13H15N3O. The van der Waals surface area contributed by atoms with E-state index in [0.717, 1.165) is 41.9 Å². The molecule has 1 fully saturated rings. The van der Waals surface area contributed by atoms with Crippen molar-refractivity contribution >= 4 is 16.6 Å². The van der Waals surface area contributed by atoms with Crippen LogP contribution in [-0.4, -0.2) is 29.5 Å². The minimum absolute atomic E-state index is 0.357. The van der Waals surface area contributed by atoms with E-state index < -0.39 is 0 Å². The maximum absolute atomic E-state index is 5.35. The number of rotatable bonds is 2. The third-order valence-corrected chi connectivity index (χ3v) is 3.14. The smallest absolute Gasteiger partial charge is 0.156 e. The molecule has 2 heterocycles. The molecule has 1 atom stereocenters. The number of anilines is 1. The maximum atomic E-state index is 5.35. The Kier molecular flexibility index (Phi) is 2.65. The lowest BCUT2D eigenvalue weighted by atomic mass is 10.1. The van der Waals surface area contributed by atoms with Crippen LogP contribution in [0.4, 0.5) is 5.82 Å².